The van der Waals surface area contributed by atoms with Crippen molar-refractivity contribution in [2.45, 2.75) is 26.3 Å². The summed E-state index contributed by atoms with van der Waals surface area (Å²) in [4.78, 5) is 11.6. The Morgan fingerprint density at radius 2 is 2.10 bits per heavy atom. The first kappa shape index (κ1) is 13.3. The third kappa shape index (κ3) is 2.34. The zero-order chi connectivity index (χ0) is 14.3. The third-order valence-electron chi connectivity index (χ3n) is 3.92. The Bertz CT molecular complexity index is 671. The van der Waals surface area contributed by atoms with Crippen LogP contribution in [0.3, 0.4) is 0 Å². The molecule has 0 spiro atoms. The van der Waals surface area contributed by atoms with Crippen LogP contribution >= 0.6 is 11.6 Å². The summed E-state index contributed by atoms with van der Waals surface area (Å²) in [6.45, 7) is 2.88. The Kier molecular flexibility index (Phi) is 3.30. The van der Waals surface area contributed by atoms with Crippen LogP contribution in [0.15, 0.2) is 30.3 Å². The first-order chi connectivity index (χ1) is 9.58. The number of carbonyl (C=O) groups excluding carboxylic acids is 1. The molecule has 1 heterocycles. The molecule has 1 aliphatic rings. The van der Waals surface area contributed by atoms with Gasteiger partial charge in [-0.15, -0.1) is 0 Å². The number of hydrogen-bond acceptors (Lipinski definition) is 1. The van der Waals surface area contributed by atoms with Crippen molar-refractivity contribution in [1.29, 1.82) is 0 Å². The minimum absolute atomic E-state index is 0.384. The van der Waals surface area contributed by atoms with Crippen LogP contribution in [0.5, 0.6) is 0 Å². The summed E-state index contributed by atoms with van der Waals surface area (Å²) < 4.78 is 2.18. The fourth-order valence-electron chi connectivity index (χ4n) is 2.58. The van der Waals surface area contributed by atoms with Crippen LogP contribution in [0.1, 0.15) is 28.9 Å². The molecule has 0 aliphatic heterocycles. The molecule has 3 nitrogen and oxygen atoms in total. The van der Waals surface area contributed by atoms with E-state index < -0.39 is 0 Å². The molecule has 1 aromatic heterocycles. The van der Waals surface area contributed by atoms with Crippen molar-refractivity contribution in [3.05, 3.63) is 46.6 Å². The maximum Gasteiger partial charge on any atom is 0.250 e. The summed E-state index contributed by atoms with van der Waals surface area (Å²) in [5.41, 5.74) is 8.92. The van der Waals surface area contributed by atoms with Crippen molar-refractivity contribution in [3.8, 4) is 11.3 Å². The van der Waals surface area contributed by atoms with Gasteiger partial charge in [-0.25, -0.2) is 0 Å². The summed E-state index contributed by atoms with van der Waals surface area (Å²) in [7, 11) is 0. The molecule has 1 aromatic carbocycles. The summed E-state index contributed by atoms with van der Waals surface area (Å²) in [5.74, 6) is 0.327. The van der Waals surface area contributed by atoms with Crippen LogP contribution < -0.4 is 5.73 Å². The van der Waals surface area contributed by atoms with Gasteiger partial charge in [-0.3, -0.25) is 4.79 Å². The molecule has 0 saturated heterocycles. The van der Waals surface area contributed by atoms with Crippen molar-refractivity contribution in [3.63, 3.8) is 0 Å². The fourth-order valence-corrected chi connectivity index (χ4v) is 2.81. The molecular weight excluding hydrogens is 272 g/mol. The SMILES string of the molecule is Cc1c(C(N)=O)cc(-c2ccccc2Cl)n1CC1CC1. The Labute approximate surface area is 123 Å². The van der Waals surface area contributed by atoms with Gasteiger partial charge < -0.3 is 10.3 Å². The molecule has 0 radical (unpaired) electrons. The topological polar surface area (TPSA) is 48.0 Å². The first-order valence-corrected chi connectivity index (χ1v) is 7.20. The van der Waals surface area contributed by atoms with E-state index in [9.17, 15) is 4.79 Å². The van der Waals surface area contributed by atoms with E-state index in [2.05, 4.69) is 4.57 Å². The number of halogens is 1. The van der Waals surface area contributed by atoms with E-state index in [0.29, 0.717) is 16.5 Å². The number of aromatic nitrogens is 1. The Hall–Kier alpha value is -1.74. The van der Waals surface area contributed by atoms with E-state index in [-0.39, 0.29) is 5.91 Å². The van der Waals surface area contributed by atoms with Gasteiger partial charge in [-0.1, -0.05) is 29.8 Å². The maximum atomic E-state index is 11.6. The fraction of sp³-hybridized carbons (Fsp3) is 0.312. The first-order valence-electron chi connectivity index (χ1n) is 6.82. The quantitative estimate of drug-likeness (QED) is 0.917. The third-order valence-corrected chi connectivity index (χ3v) is 4.25. The second kappa shape index (κ2) is 4.98. The van der Waals surface area contributed by atoms with Crippen LogP contribution in [0.4, 0.5) is 0 Å². The minimum atomic E-state index is -0.384. The Balaban J connectivity index is 2.15. The normalized spacial score (nSPS) is 14.5. The molecule has 104 valence electrons. The predicted molar refractivity (Wildman–Crippen MR) is 80.9 cm³/mol. The lowest BCUT2D eigenvalue weighted by Crippen LogP contribution is -2.12. The van der Waals surface area contributed by atoms with Crippen LogP contribution in [0.2, 0.25) is 5.02 Å². The van der Waals surface area contributed by atoms with E-state index in [1.807, 2.05) is 37.3 Å². The number of carbonyl (C=O) groups is 1. The number of primary amides is 1. The van der Waals surface area contributed by atoms with E-state index in [1.54, 1.807) is 0 Å². The van der Waals surface area contributed by atoms with Gasteiger partial charge in [-0.2, -0.15) is 0 Å². The molecule has 3 rings (SSSR count). The number of nitrogens with two attached hydrogens (primary N) is 1. The molecule has 20 heavy (non-hydrogen) atoms. The van der Waals surface area contributed by atoms with Crippen molar-refractivity contribution < 1.29 is 4.79 Å². The van der Waals surface area contributed by atoms with E-state index in [4.69, 9.17) is 17.3 Å². The summed E-state index contributed by atoms with van der Waals surface area (Å²) in [5, 5.41) is 0.693. The van der Waals surface area contributed by atoms with E-state index >= 15 is 0 Å². The monoisotopic (exact) mass is 288 g/mol. The summed E-state index contributed by atoms with van der Waals surface area (Å²) in [6, 6.07) is 9.56. The second-order valence-electron chi connectivity index (χ2n) is 5.43. The average Bonchev–Trinajstić information content (AvgIpc) is 3.16. The summed E-state index contributed by atoms with van der Waals surface area (Å²) in [6.07, 6.45) is 2.51. The van der Waals surface area contributed by atoms with Crippen LogP contribution in [0, 0.1) is 12.8 Å². The van der Waals surface area contributed by atoms with Gasteiger partial charge in [0.25, 0.3) is 5.91 Å². The zero-order valence-corrected chi connectivity index (χ0v) is 12.2. The Morgan fingerprint density at radius 1 is 1.40 bits per heavy atom. The number of rotatable bonds is 4. The highest BCUT2D eigenvalue weighted by atomic mass is 35.5. The lowest BCUT2D eigenvalue weighted by molar-refractivity contribution is 0.0999. The number of hydrogen-bond donors (Lipinski definition) is 1. The number of nitrogens with zero attached hydrogens (tertiary/aromatic N) is 1. The van der Waals surface area contributed by atoms with Gasteiger partial charge in [0.05, 0.1) is 11.3 Å². The van der Waals surface area contributed by atoms with Gasteiger partial charge in [0.1, 0.15) is 0 Å². The standard InChI is InChI=1S/C16H17ClN2O/c1-10-13(16(18)20)8-15(19(10)9-11-6-7-11)12-4-2-3-5-14(12)17/h2-5,8,11H,6-7,9H2,1H3,(H2,18,20). The molecule has 4 heteroatoms. The van der Waals surface area contributed by atoms with E-state index in [0.717, 1.165) is 23.5 Å². The van der Waals surface area contributed by atoms with Crippen molar-refractivity contribution in [2.75, 3.05) is 0 Å². The molecule has 0 atom stereocenters. The van der Waals surface area contributed by atoms with Crippen molar-refractivity contribution >= 4 is 17.5 Å². The van der Waals surface area contributed by atoms with Gasteiger partial charge in [0.2, 0.25) is 0 Å². The van der Waals surface area contributed by atoms with Gasteiger partial charge in [0.15, 0.2) is 0 Å². The zero-order valence-electron chi connectivity index (χ0n) is 11.4. The lowest BCUT2D eigenvalue weighted by atomic mass is 10.1. The molecule has 0 bridgehead atoms. The van der Waals surface area contributed by atoms with E-state index in [1.165, 1.54) is 12.8 Å². The average molecular weight is 289 g/mol. The molecule has 2 aromatic rings. The maximum absolute atomic E-state index is 11.6. The molecule has 1 saturated carbocycles. The molecule has 1 amide bonds. The molecule has 0 unspecified atom stereocenters. The number of benzene rings is 1. The van der Waals surface area contributed by atoms with Gasteiger partial charge in [-0.05, 0) is 37.8 Å². The molecule has 2 N–H and O–H groups in total. The van der Waals surface area contributed by atoms with Crippen LogP contribution in [-0.4, -0.2) is 10.5 Å². The van der Waals surface area contributed by atoms with Crippen molar-refractivity contribution in [2.24, 2.45) is 11.7 Å². The minimum Gasteiger partial charge on any atom is -0.366 e. The largest absolute Gasteiger partial charge is 0.366 e. The van der Waals surface area contributed by atoms with Crippen LogP contribution in [0.25, 0.3) is 11.3 Å². The molecule has 1 aliphatic carbocycles. The van der Waals surface area contributed by atoms with Gasteiger partial charge >= 0.3 is 0 Å². The number of amides is 1. The molecular formula is C16H17ClN2O. The van der Waals surface area contributed by atoms with Crippen molar-refractivity contribution in [1.82, 2.24) is 4.57 Å². The summed E-state index contributed by atoms with van der Waals surface area (Å²) >= 11 is 6.29. The molecule has 1 fully saturated rings. The predicted octanol–water partition coefficient (Wildman–Crippen LogP) is 3.63. The lowest BCUT2D eigenvalue weighted by Gasteiger charge is -2.12. The van der Waals surface area contributed by atoms with Crippen LogP contribution in [-0.2, 0) is 6.54 Å². The highest BCUT2D eigenvalue weighted by Gasteiger charge is 2.26. The highest BCUT2D eigenvalue weighted by Crippen LogP contribution is 2.36. The van der Waals surface area contributed by atoms with Gasteiger partial charge in [0, 0.05) is 22.8 Å². The highest BCUT2D eigenvalue weighted by molar-refractivity contribution is 6.33. The Morgan fingerprint density at radius 3 is 2.70 bits per heavy atom. The second-order valence-corrected chi connectivity index (χ2v) is 5.83. The smallest absolute Gasteiger partial charge is 0.250 e.